The Labute approximate surface area is 99.2 Å². The van der Waals surface area contributed by atoms with Gasteiger partial charge in [0.15, 0.2) is 6.61 Å². The minimum absolute atomic E-state index is 0.0462. The van der Waals surface area contributed by atoms with Gasteiger partial charge in [-0.2, -0.15) is 0 Å². The van der Waals surface area contributed by atoms with Crippen molar-refractivity contribution in [2.45, 2.75) is 26.3 Å². The molecular weight excluding hydrogens is 226 g/mol. The number of nitrogens with one attached hydrogen (secondary N) is 1. The van der Waals surface area contributed by atoms with Crippen molar-refractivity contribution in [3.05, 3.63) is 0 Å². The number of nitrogens with zero attached hydrogens (tertiary/aromatic N) is 1. The van der Waals surface area contributed by atoms with Gasteiger partial charge in [0, 0.05) is 19.0 Å². The van der Waals surface area contributed by atoms with Crippen LogP contribution in [0.5, 0.6) is 0 Å². The van der Waals surface area contributed by atoms with E-state index in [9.17, 15) is 14.4 Å². The third-order valence-electron chi connectivity index (χ3n) is 2.54. The number of nitrogens with two attached hydrogens (primary N) is 1. The van der Waals surface area contributed by atoms with E-state index < -0.39 is 17.7 Å². The summed E-state index contributed by atoms with van der Waals surface area (Å²) in [6.45, 7) is 3.78. The number of rotatable bonds is 5. The van der Waals surface area contributed by atoms with Crippen molar-refractivity contribution in [1.82, 2.24) is 10.4 Å². The van der Waals surface area contributed by atoms with Gasteiger partial charge >= 0.3 is 0 Å². The lowest BCUT2D eigenvalue weighted by Crippen LogP contribution is -2.36. The highest BCUT2D eigenvalue weighted by Crippen LogP contribution is 2.19. The van der Waals surface area contributed by atoms with E-state index in [4.69, 9.17) is 5.73 Å². The van der Waals surface area contributed by atoms with Crippen LogP contribution in [0, 0.1) is 5.92 Å². The van der Waals surface area contributed by atoms with E-state index in [1.165, 1.54) is 0 Å². The first-order valence-corrected chi connectivity index (χ1v) is 5.41. The monoisotopic (exact) mass is 243 g/mol. The van der Waals surface area contributed by atoms with Crippen LogP contribution in [0.15, 0.2) is 0 Å². The quantitative estimate of drug-likeness (QED) is 0.591. The van der Waals surface area contributed by atoms with E-state index >= 15 is 0 Å². The highest BCUT2D eigenvalue weighted by atomic mass is 16.7. The van der Waals surface area contributed by atoms with Gasteiger partial charge in [-0.3, -0.25) is 19.2 Å². The van der Waals surface area contributed by atoms with Crippen LogP contribution in [-0.2, 0) is 19.2 Å². The summed E-state index contributed by atoms with van der Waals surface area (Å²) in [7, 11) is 0. The maximum Gasteiger partial charge on any atom is 0.248 e. The van der Waals surface area contributed by atoms with Crippen molar-refractivity contribution in [3.63, 3.8) is 0 Å². The molecule has 0 aromatic rings. The molecule has 0 aliphatic carbocycles. The van der Waals surface area contributed by atoms with E-state index in [-0.39, 0.29) is 25.0 Å². The van der Waals surface area contributed by atoms with Gasteiger partial charge in [-0.1, -0.05) is 0 Å². The average Bonchev–Trinajstić information content (AvgIpc) is 2.59. The Morgan fingerprint density at radius 1 is 1.59 bits per heavy atom. The van der Waals surface area contributed by atoms with Gasteiger partial charge in [-0.25, -0.2) is 5.48 Å². The van der Waals surface area contributed by atoms with Crippen LogP contribution in [0.3, 0.4) is 0 Å². The standard InChI is InChI=1S/C10H17N3O4/c1-6(2)13-4-7(3-9(13)15)10(16)12-17-5-8(11)14/h6-7H,3-5H2,1-2H3,(H2,11,14)(H,12,16). The summed E-state index contributed by atoms with van der Waals surface area (Å²) in [5, 5.41) is 0. The SMILES string of the molecule is CC(C)N1CC(C(=O)NOCC(N)=O)CC1=O. The normalized spacial score (nSPS) is 19.8. The van der Waals surface area contributed by atoms with Crippen LogP contribution in [-0.4, -0.2) is 41.8 Å². The Bertz CT molecular complexity index is 330. The first-order valence-electron chi connectivity index (χ1n) is 5.41. The predicted octanol–water partition coefficient (Wildman–Crippen LogP) is -1.22. The molecule has 1 saturated heterocycles. The largest absolute Gasteiger partial charge is 0.368 e. The Morgan fingerprint density at radius 3 is 2.71 bits per heavy atom. The highest BCUT2D eigenvalue weighted by Gasteiger charge is 2.35. The van der Waals surface area contributed by atoms with Gasteiger partial charge in [-0.05, 0) is 13.8 Å². The molecule has 1 aliphatic heterocycles. The van der Waals surface area contributed by atoms with Crippen molar-refractivity contribution < 1.29 is 19.2 Å². The van der Waals surface area contributed by atoms with E-state index in [1.54, 1.807) is 4.90 Å². The molecule has 0 bridgehead atoms. The van der Waals surface area contributed by atoms with Crippen LogP contribution in [0.25, 0.3) is 0 Å². The third-order valence-corrected chi connectivity index (χ3v) is 2.54. The Kier molecular flexibility index (Phi) is 4.45. The number of hydroxylamine groups is 1. The highest BCUT2D eigenvalue weighted by molar-refractivity contribution is 5.89. The lowest BCUT2D eigenvalue weighted by molar-refractivity contribution is -0.141. The van der Waals surface area contributed by atoms with Gasteiger partial charge < -0.3 is 10.6 Å². The second kappa shape index (κ2) is 5.62. The summed E-state index contributed by atoms with van der Waals surface area (Å²) in [6, 6.07) is 0.0758. The molecular formula is C10H17N3O4. The molecule has 3 N–H and O–H groups in total. The molecule has 17 heavy (non-hydrogen) atoms. The van der Waals surface area contributed by atoms with Gasteiger partial charge in [0.1, 0.15) is 0 Å². The molecule has 1 rings (SSSR count). The number of hydrogen-bond donors (Lipinski definition) is 2. The molecule has 7 nitrogen and oxygen atoms in total. The predicted molar refractivity (Wildman–Crippen MR) is 58.2 cm³/mol. The van der Waals surface area contributed by atoms with Crippen LogP contribution < -0.4 is 11.2 Å². The second-order valence-electron chi connectivity index (χ2n) is 4.26. The lowest BCUT2D eigenvalue weighted by Gasteiger charge is -2.20. The zero-order chi connectivity index (χ0) is 13.0. The fourth-order valence-corrected chi connectivity index (χ4v) is 1.67. The number of carbonyl (C=O) groups excluding carboxylic acids is 3. The minimum Gasteiger partial charge on any atom is -0.368 e. The minimum atomic E-state index is -0.670. The lowest BCUT2D eigenvalue weighted by atomic mass is 10.1. The zero-order valence-corrected chi connectivity index (χ0v) is 9.93. The number of carbonyl (C=O) groups is 3. The molecule has 1 unspecified atom stereocenters. The van der Waals surface area contributed by atoms with Crippen molar-refractivity contribution >= 4 is 17.7 Å². The van der Waals surface area contributed by atoms with Crippen LogP contribution in [0.4, 0.5) is 0 Å². The van der Waals surface area contributed by atoms with E-state index in [0.717, 1.165) is 0 Å². The van der Waals surface area contributed by atoms with Crippen LogP contribution >= 0.6 is 0 Å². The van der Waals surface area contributed by atoms with E-state index in [2.05, 4.69) is 10.3 Å². The summed E-state index contributed by atoms with van der Waals surface area (Å²) in [4.78, 5) is 39.7. The first-order chi connectivity index (χ1) is 7.91. The average molecular weight is 243 g/mol. The van der Waals surface area contributed by atoms with Gasteiger partial charge in [-0.15, -0.1) is 0 Å². The molecule has 0 spiro atoms. The number of primary amides is 1. The smallest absolute Gasteiger partial charge is 0.248 e. The number of likely N-dealkylation sites (tertiary alicyclic amines) is 1. The summed E-state index contributed by atoms with van der Waals surface area (Å²) in [5.74, 6) is -1.55. The topological polar surface area (TPSA) is 102 Å². The Morgan fingerprint density at radius 2 is 2.24 bits per heavy atom. The Hall–Kier alpha value is -1.63. The first kappa shape index (κ1) is 13.4. The fraction of sp³-hybridized carbons (Fsp3) is 0.700. The second-order valence-corrected chi connectivity index (χ2v) is 4.26. The fourth-order valence-electron chi connectivity index (χ4n) is 1.67. The molecule has 3 amide bonds. The molecule has 96 valence electrons. The van der Waals surface area contributed by atoms with Crippen LogP contribution in [0.1, 0.15) is 20.3 Å². The maximum absolute atomic E-state index is 11.6. The molecule has 0 saturated carbocycles. The molecule has 1 fully saturated rings. The Balaban J connectivity index is 2.39. The summed E-state index contributed by atoms with van der Waals surface area (Å²) in [6.07, 6.45) is 0.171. The van der Waals surface area contributed by atoms with Gasteiger partial charge in [0.2, 0.25) is 17.7 Å². The van der Waals surface area contributed by atoms with Crippen molar-refractivity contribution in [3.8, 4) is 0 Å². The molecule has 1 heterocycles. The van der Waals surface area contributed by atoms with Gasteiger partial charge in [0.25, 0.3) is 0 Å². The third kappa shape index (κ3) is 3.70. The summed E-state index contributed by atoms with van der Waals surface area (Å²) >= 11 is 0. The molecule has 1 atom stereocenters. The van der Waals surface area contributed by atoms with Crippen molar-refractivity contribution in [1.29, 1.82) is 0 Å². The summed E-state index contributed by atoms with van der Waals surface area (Å²) in [5.41, 5.74) is 6.96. The summed E-state index contributed by atoms with van der Waals surface area (Å²) < 4.78 is 0. The molecule has 7 heteroatoms. The van der Waals surface area contributed by atoms with E-state index in [0.29, 0.717) is 6.54 Å². The van der Waals surface area contributed by atoms with Crippen molar-refractivity contribution in [2.24, 2.45) is 11.7 Å². The van der Waals surface area contributed by atoms with E-state index in [1.807, 2.05) is 13.8 Å². The zero-order valence-electron chi connectivity index (χ0n) is 9.93. The van der Waals surface area contributed by atoms with Crippen LogP contribution in [0.2, 0.25) is 0 Å². The molecule has 0 aromatic heterocycles. The number of amides is 3. The molecule has 0 aromatic carbocycles. The number of hydrogen-bond acceptors (Lipinski definition) is 4. The van der Waals surface area contributed by atoms with Gasteiger partial charge in [0.05, 0.1) is 5.92 Å². The molecule has 0 radical (unpaired) electrons. The molecule has 1 aliphatic rings. The van der Waals surface area contributed by atoms with Crippen molar-refractivity contribution in [2.75, 3.05) is 13.2 Å². The maximum atomic E-state index is 11.6.